The fraction of sp³-hybridized carbons (Fsp3) is 0.133. The van der Waals surface area contributed by atoms with Crippen molar-refractivity contribution >= 4 is 33.6 Å². The number of ether oxygens (including phenoxy) is 1. The molecule has 1 N–H and O–H groups in total. The number of nitrogens with zero attached hydrogens (tertiary/aromatic N) is 1. The van der Waals surface area contributed by atoms with E-state index in [-0.39, 0.29) is 12.2 Å². The van der Waals surface area contributed by atoms with E-state index in [9.17, 15) is 9.59 Å². The molecule has 0 bridgehead atoms. The minimum atomic E-state index is -0.526. The fourth-order valence-electron chi connectivity index (χ4n) is 2.14. The Balaban J connectivity index is 1.99. The van der Waals surface area contributed by atoms with Crippen LogP contribution in [0.25, 0.3) is 21.7 Å². The van der Waals surface area contributed by atoms with Crippen LogP contribution in [-0.4, -0.2) is 30.7 Å². The van der Waals surface area contributed by atoms with Crippen molar-refractivity contribution in [1.82, 2.24) is 10.5 Å². The number of rotatable bonds is 3. The van der Waals surface area contributed by atoms with Crippen LogP contribution in [0.4, 0.5) is 0 Å². The largest absolute Gasteiger partial charge is 0.468 e. The first kappa shape index (κ1) is 13.1. The topological polar surface area (TPSA) is 81.4 Å². The van der Waals surface area contributed by atoms with Crippen LogP contribution in [-0.2, 0) is 9.53 Å². The summed E-state index contributed by atoms with van der Waals surface area (Å²) in [6, 6.07) is 11.3. The number of methoxy groups -OCH3 is 1. The molecule has 0 saturated carbocycles. The summed E-state index contributed by atoms with van der Waals surface area (Å²) in [7, 11) is 1.26. The van der Waals surface area contributed by atoms with E-state index in [1.807, 2.05) is 30.3 Å². The van der Waals surface area contributed by atoms with Crippen molar-refractivity contribution in [2.45, 2.75) is 0 Å². The molecule has 1 aromatic heterocycles. The summed E-state index contributed by atoms with van der Waals surface area (Å²) in [6.45, 7) is -0.211. The average Bonchev–Trinajstić information content (AvgIpc) is 2.96. The molecular weight excluding hydrogens is 272 g/mol. The molecule has 21 heavy (non-hydrogen) atoms. The van der Waals surface area contributed by atoms with Crippen molar-refractivity contribution in [3.63, 3.8) is 0 Å². The summed E-state index contributed by atoms with van der Waals surface area (Å²) in [5, 5.41) is 8.74. The van der Waals surface area contributed by atoms with Gasteiger partial charge in [-0.05, 0) is 11.5 Å². The summed E-state index contributed by atoms with van der Waals surface area (Å²) < 4.78 is 9.76. The number of amides is 1. The van der Waals surface area contributed by atoms with E-state index in [0.29, 0.717) is 11.0 Å². The van der Waals surface area contributed by atoms with Crippen molar-refractivity contribution in [1.29, 1.82) is 0 Å². The highest BCUT2D eigenvalue weighted by atomic mass is 16.5. The van der Waals surface area contributed by atoms with Gasteiger partial charge in [0.1, 0.15) is 6.54 Å². The zero-order chi connectivity index (χ0) is 14.8. The first-order chi connectivity index (χ1) is 10.2. The SMILES string of the molecule is COC(=O)CNC(=O)c1noc2c1ccc1ccccc12. The molecule has 2 aromatic carbocycles. The molecule has 3 rings (SSSR count). The van der Waals surface area contributed by atoms with Gasteiger partial charge in [0.2, 0.25) is 0 Å². The minimum Gasteiger partial charge on any atom is -0.468 e. The van der Waals surface area contributed by atoms with Gasteiger partial charge in [-0.25, -0.2) is 0 Å². The molecule has 0 atom stereocenters. The Morgan fingerprint density at radius 2 is 2.00 bits per heavy atom. The Bertz CT molecular complexity index is 838. The number of hydrogen-bond acceptors (Lipinski definition) is 5. The summed E-state index contributed by atoms with van der Waals surface area (Å²) in [5.74, 6) is -1.00. The van der Waals surface area contributed by atoms with Crippen molar-refractivity contribution in [3.05, 3.63) is 42.1 Å². The Labute approximate surface area is 119 Å². The maximum Gasteiger partial charge on any atom is 0.325 e. The van der Waals surface area contributed by atoms with Gasteiger partial charge < -0.3 is 14.6 Å². The van der Waals surface area contributed by atoms with Gasteiger partial charge in [0.25, 0.3) is 5.91 Å². The van der Waals surface area contributed by atoms with Crippen LogP contribution in [0.2, 0.25) is 0 Å². The standard InChI is InChI=1S/C15H12N2O4/c1-20-12(18)8-16-15(19)13-11-7-6-9-4-2-3-5-10(9)14(11)21-17-13/h2-7H,8H2,1H3,(H,16,19). The molecule has 0 aliphatic carbocycles. The molecule has 0 fully saturated rings. The molecular formula is C15H12N2O4. The van der Waals surface area contributed by atoms with Gasteiger partial charge >= 0.3 is 5.97 Å². The van der Waals surface area contributed by atoms with E-state index in [0.717, 1.165) is 10.8 Å². The summed E-state index contributed by atoms with van der Waals surface area (Å²) >= 11 is 0. The molecule has 6 nitrogen and oxygen atoms in total. The van der Waals surface area contributed by atoms with Crippen LogP contribution in [0.3, 0.4) is 0 Å². The average molecular weight is 284 g/mol. The predicted molar refractivity (Wildman–Crippen MR) is 75.9 cm³/mol. The number of carbonyl (C=O) groups is 2. The van der Waals surface area contributed by atoms with Crippen molar-refractivity contribution < 1.29 is 18.8 Å². The quantitative estimate of drug-likeness (QED) is 0.743. The smallest absolute Gasteiger partial charge is 0.325 e. The number of hydrogen-bond donors (Lipinski definition) is 1. The van der Waals surface area contributed by atoms with Crippen LogP contribution in [0.15, 0.2) is 40.9 Å². The lowest BCUT2D eigenvalue weighted by atomic mass is 10.1. The number of benzene rings is 2. The lowest BCUT2D eigenvalue weighted by molar-refractivity contribution is -0.139. The van der Waals surface area contributed by atoms with E-state index < -0.39 is 11.9 Å². The second kappa shape index (κ2) is 5.24. The van der Waals surface area contributed by atoms with Gasteiger partial charge in [-0.2, -0.15) is 0 Å². The maximum atomic E-state index is 12.0. The third-order valence-electron chi connectivity index (χ3n) is 3.20. The first-order valence-corrected chi connectivity index (χ1v) is 6.33. The van der Waals surface area contributed by atoms with Gasteiger partial charge in [-0.3, -0.25) is 9.59 Å². The van der Waals surface area contributed by atoms with Crippen LogP contribution >= 0.6 is 0 Å². The zero-order valence-corrected chi connectivity index (χ0v) is 11.3. The number of fused-ring (bicyclic) bond motifs is 3. The summed E-state index contributed by atoms with van der Waals surface area (Å²) in [4.78, 5) is 23.1. The Morgan fingerprint density at radius 3 is 2.81 bits per heavy atom. The second-order valence-corrected chi connectivity index (χ2v) is 4.45. The van der Waals surface area contributed by atoms with Gasteiger partial charge in [-0.15, -0.1) is 0 Å². The monoisotopic (exact) mass is 284 g/mol. The molecule has 0 radical (unpaired) electrons. The van der Waals surface area contributed by atoms with Crippen LogP contribution in [0, 0.1) is 0 Å². The number of aromatic nitrogens is 1. The minimum absolute atomic E-state index is 0.152. The van der Waals surface area contributed by atoms with Gasteiger partial charge in [0.05, 0.1) is 12.5 Å². The lowest BCUT2D eigenvalue weighted by Crippen LogP contribution is -2.30. The number of carbonyl (C=O) groups excluding carboxylic acids is 2. The number of esters is 1. The maximum absolute atomic E-state index is 12.0. The third-order valence-corrected chi connectivity index (χ3v) is 3.20. The molecule has 1 heterocycles. The fourth-order valence-corrected chi connectivity index (χ4v) is 2.14. The molecule has 1 amide bonds. The van der Waals surface area contributed by atoms with Crippen molar-refractivity contribution in [2.24, 2.45) is 0 Å². The number of nitrogens with one attached hydrogen (secondary N) is 1. The molecule has 0 unspecified atom stereocenters. The summed E-state index contributed by atoms with van der Waals surface area (Å²) in [5.41, 5.74) is 0.705. The second-order valence-electron chi connectivity index (χ2n) is 4.45. The Kier molecular flexibility index (Phi) is 3.27. The van der Waals surface area contributed by atoms with Crippen LogP contribution < -0.4 is 5.32 Å². The highest BCUT2D eigenvalue weighted by molar-refractivity contribution is 6.12. The zero-order valence-electron chi connectivity index (χ0n) is 11.3. The molecule has 0 saturated heterocycles. The van der Waals surface area contributed by atoms with Gasteiger partial charge in [0, 0.05) is 5.39 Å². The van der Waals surface area contributed by atoms with E-state index in [1.165, 1.54) is 7.11 Å². The predicted octanol–water partition coefficient (Wildman–Crippen LogP) is 1.88. The highest BCUT2D eigenvalue weighted by Gasteiger charge is 2.18. The molecule has 3 aromatic rings. The van der Waals surface area contributed by atoms with E-state index >= 15 is 0 Å². The Hall–Kier alpha value is -2.89. The van der Waals surface area contributed by atoms with Gasteiger partial charge in [0.15, 0.2) is 11.3 Å². The van der Waals surface area contributed by atoms with Crippen LogP contribution in [0.1, 0.15) is 10.5 Å². The first-order valence-electron chi connectivity index (χ1n) is 6.33. The van der Waals surface area contributed by atoms with E-state index in [1.54, 1.807) is 6.07 Å². The summed E-state index contributed by atoms with van der Waals surface area (Å²) in [6.07, 6.45) is 0. The van der Waals surface area contributed by atoms with Crippen molar-refractivity contribution in [3.8, 4) is 0 Å². The van der Waals surface area contributed by atoms with E-state index in [4.69, 9.17) is 4.52 Å². The normalized spacial score (nSPS) is 10.7. The van der Waals surface area contributed by atoms with Crippen LogP contribution in [0.5, 0.6) is 0 Å². The third kappa shape index (κ3) is 2.31. The molecule has 0 aliphatic rings. The highest BCUT2D eigenvalue weighted by Crippen LogP contribution is 2.27. The van der Waals surface area contributed by atoms with Crippen molar-refractivity contribution in [2.75, 3.05) is 13.7 Å². The molecule has 0 spiro atoms. The molecule has 106 valence electrons. The lowest BCUT2D eigenvalue weighted by Gasteiger charge is -2.01. The van der Waals surface area contributed by atoms with Gasteiger partial charge in [-0.1, -0.05) is 35.5 Å². The Morgan fingerprint density at radius 1 is 1.19 bits per heavy atom. The molecule has 6 heteroatoms. The van der Waals surface area contributed by atoms with E-state index in [2.05, 4.69) is 15.2 Å². The molecule has 0 aliphatic heterocycles.